The molecule has 4 rings (SSSR count). The number of fused-ring (bicyclic) bond motifs is 2. The number of likely N-dealkylation sites (N-methyl/N-ethyl adjacent to an activating group) is 1. The van der Waals surface area contributed by atoms with E-state index >= 15 is 0 Å². The molecule has 0 spiro atoms. The van der Waals surface area contributed by atoms with E-state index in [4.69, 9.17) is 4.74 Å². The van der Waals surface area contributed by atoms with Crippen LogP contribution in [0, 0.1) is 5.82 Å². The lowest BCUT2D eigenvalue weighted by Crippen LogP contribution is -2.46. The van der Waals surface area contributed by atoms with Crippen molar-refractivity contribution in [1.82, 2.24) is 9.80 Å². The van der Waals surface area contributed by atoms with Gasteiger partial charge in [-0.3, -0.25) is 4.90 Å². The van der Waals surface area contributed by atoms with Crippen LogP contribution in [0.25, 0.3) is 0 Å². The summed E-state index contributed by atoms with van der Waals surface area (Å²) in [6.07, 6.45) is 0.909. The fraction of sp³-hybridized carbons (Fsp3) is 0.400. The fourth-order valence-corrected chi connectivity index (χ4v) is 4.83. The summed E-state index contributed by atoms with van der Waals surface area (Å²) in [5.41, 5.74) is 2.52. The minimum atomic E-state index is -0.167. The van der Waals surface area contributed by atoms with E-state index in [2.05, 4.69) is 29.0 Å². The van der Waals surface area contributed by atoms with Crippen molar-refractivity contribution in [2.45, 2.75) is 22.3 Å². The molecule has 2 aromatic rings. The molecule has 5 heteroatoms. The normalized spacial score (nSPS) is 21.3. The molecule has 1 saturated heterocycles. The minimum absolute atomic E-state index is 0.167. The van der Waals surface area contributed by atoms with Gasteiger partial charge in [-0.25, -0.2) is 4.39 Å². The Morgan fingerprint density at radius 1 is 1.04 bits per heavy atom. The van der Waals surface area contributed by atoms with E-state index in [0.29, 0.717) is 6.04 Å². The average molecular weight is 358 g/mol. The van der Waals surface area contributed by atoms with E-state index in [1.54, 1.807) is 31.0 Å². The van der Waals surface area contributed by atoms with Crippen LogP contribution in [0.3, 0.4) is 0 Å². The Kier molecular flexibility index (Phi) is 4.71. The van der Waals surface area contributed by atoms with E-state index in [-0.39, 0.29) is 5.82 Å². The van der Waals surface area contributed by atoms with E-state index in [1.165, 1.54) is 16.0 Å². The average Bonchev–Trinajstić information content (AvgIpc) is 2.78. The van der Waals surface area contributed by atoms with Crippen molar-refractivity contribution >= 4 is 11.8 Å². The van der Waals surface area contributed by atoms with Gasteiger partial charge in [0.05, 0.1) is 7.11 Å². The zero-order valence-corrected chi connectivity index (χ0v) is 15.5. The second-order valence-electron chi connectivity index (χ2n) is 6.82. The molecule has 0 saturated carbocycles. The molecule has 0 radical (unpaired) electrons. The van der Waals surface area contributed by atoms with Crippen molar-refractivity contribution in [3.63, 3.8) is 0 Å². The van der Waals surface area contributed by atoms with Gasteiger partial charge in [-0.2, -0.15) is 0 Å². The van der Waals surface area contributed by atoms with E-state index in [9.17, 15) is 4.39 Å². The quantitative estimate of drug-likeness (QED) is 0.810. The monoisotopic (exact) mass is 358 g/mol. The molecular weight excluding hydrogens is 335 g/mol. The van der Waals surface area contributed by atoms with Crippen molar-refractivity contribution in [3.05, 3.63) is 53.3 Å². The van der Waals surface area contributed by atoms with Crippen LogP contribution in [0.1, 0.15) is 17.2 Å². The number of hydrogen-bond acceptors (Lipinski definition) is 4. The summed E-state index contributed by atoms with van der Waals surface area (Å²) in [5, 5.41) is 0. The first-order chi connectivity index (χ1) is 12.1. The molecule has 0 bridgehead atoms. The van der Waals surface area contributed by atoms with Gasteiger partial charge in [0.2, 0.25) is 0 Å². The first-order valence-electron chi connectivity index (χ1n) is 8.71. The molecule has 2 heterocycles. The molecule has 2 aromatic carbocycles. The fourth-order valence-electron chi connectivity index (χ4n) is 3.70. The van der Waals surface area contributed by atoms with Gasteiger partial charge in [-0.15, -0.1) is 0 Å². The first-order valence-corrected chi connectivity index (χ1v) is 9.52. The van der Waals surface area contributed by atoms with Crippen LogP contribution in [0.5, 0.6) is 5.75 Å². The summed E-state index contributed by atoms with van der Waals surface area (Å²) in [6.45, 7) is 4.27. The largest absolute Gasteiger partial charge is 0.497 e. The smallest absolute Gasteiger partial charge is 0.124 e. The molecule has 0 aromatic heterocycles. The van der Waals surface area contributed by atoms with Crippen molar-refractivity contribution in [1.29, 1.82) is 0 Å². The van der Waals surface area contributed by atoms with Crippen LogP contribution in [0.2, 0.25) is 0 Å². The molecule has 0 N–H and O–H groups in total. The molecular formula is C20H23FN2OS. The Labute approximate surface area is 152 Å². The third-order valence-corrected chi connectivity index (χ3v) is 6.41. The number of benzene rings is 2. The van der Waals surface area contributed by atoms with Crippen LogP contribution < -0.4 is 4.74 Å². The van der Waals surface area contributed by atoms with Crippen molar-refractivity contribution in [2.75, 3.05) is 40.3 Å². The van der Waals surface area contributed by atoms with E-state index in [1.807, 2.05) is 12.1 Å². The number of halogens is 1. The topological polar surface area (TPSA) is 15.7 Å². The van der Waals surface area contributed by atoms with E-state index in [0.717, 1.165) is 43.2 Å². The van der Waals surface area contributed by atoms with Crippen molar-refractivity contribution < 1.29 is 9.13 Å². The highest BCUT2D eigenvalue weighted by molar-refractivity contribution is 7.99. The Hall–Kier alpha value is -1.56. The molecule has 0 amide bonds. The lowest BCUT2D eigenvalue weighted by Gasteiger charge is -2.38. The van der Waals surface area contributed by atoms with Crippen LogP contribution in [-0.2, 0) is 6.42 Å². The zero-order chi connectivity index (χ0) is 17.4. The summed E-state index contributed by atoms with van der Waals surface area (Å²) >= 11 is 1.67. The number of rotatable bonds is 2. The standard InChI is InChI=1S/C20H23FN2OS/c1-22-7-9-23(10-8-22)18-11-14-3-4-15(21)12-20(14)25-19-6-5-16(24-2)13-17(18)19/h3-6,12-13,18H,7-11H2,1-2H3. The van der Waals surface area contributed by atoms with Crippen molar-refractivity contribution in [3.8, 4) is 5.75 Å². The lowest BCUT2D eigenvalue weighted by molar-refractivity contribution is 0.109. The first kappa shape index (κ1) is 16.9. The van der Waals surface area contributed by atoms with Gasteiger partial charge in [-0.05, 0) is 54.9 Å². The maximum Gasteiger partial charge on any atom is 0.124 e. The SMILES string of the molecule is COc1ccc2c(c1)C(N1CCN(C)CC1)Cc1ccc(F)cc1S2. The number of nitrogens with zero attached hydrogens (tertiary/aromatic N) is 2. The van der Waals surface area contributed by atoms with Gasteiger partial charge in [0, 0.05) is 42.0 Å². The van der Waals surface area contributed by atoms with Gasteiger partial charge in [0.15, 0.2) is 0 Å². The van der Waals surface area contributed by atoms with Gasteiger partial charge >= 0.3 is 0 Å². The van der Waals surface area contributed by atoms with Gasteiger partial charge in [0.1, 0.15) is 11.6 Å². The van der Waals surface area contributed by atoms with Crippen molar-refractivity contribution in [2.24, 2.45) is 0 Å². The highest BCUT2D eigenvalue weighted by Gasteiger charge is 2.29. The molecule has 1 atom stereocenters. The molecule has 25 heavy (non-hydrogen) atoms. The second kappa shape index (κ2) is 6.98. The highest BCUT2D eigenvalue weighted by Crippen LogP contribution is 2.44. The Morgan fingerprint density at radius 3 is 2.60 bits per heavy atom. The summed E-state index contributed by atoms with van der Waals surface area (Å²) in [6, 6.07) is 11.8. The van der Waals surface area contributed by atoms with E-state index < -0.39 is 0 Å². The maximum atomic E-state index is 13.8. The predicted octanol–water partition coefficient (Wildman–Crippen LogP) is 3.83. The third-order valence-electron chi connectivity index (χ3n) is 5.22. The third kappa shape index (κ3) is 3.41. The maximum absolute atomic E-state index is 13.8. The molecule has 0 aliphatic carbocycles. The summed E-state index contributed by atoms with van der Waals surface area (Å²) in [4.78, 5) is 7.17. The lowest BCUT2D eigenvalue weighted by atomic mass is 9.96. The van der Waals surface area contributed by atoms with Crippen LogP contribution in [0.4, 0.5) is 4.39 Å². The summed E-state index contributed by atoms with van der Waals surface area (Å²) < 4.78 is 19.2. The number of hydrogen-bond donors (Lipinski definition) is 0. The second-order valence-corrected chi connectivity index (χ2v) is 7.90. The van der Waals surface area contributed by atoms with Crippen LogP contribution in [0.15, 0.2) is 46.2 Å². The minimum Gasteiger partial charge on any atom is -0.497 e. The number of methoxy groups -OCH3 is 1. The number of piperazine rings is 1. The van der Waals surface area contributed by atoms with Gasteiger partial charge < -0.3 is 9.64 Å². The Morgan fingerprint density at radius 2 is 1.84 bits per heavy atom. The predicted molar refractivity (Wildman–Crippen MR) is 99.0 cm³/mol. The Balaban J connectivity index is 1.77. The molecule has 1 unspecified atom stereocenters. The van der Waals surface area contributed by atoms with Gasteiger partial charge in [-0.1, -0.05) is 17.8 Å². The number of ether oxygens (including phenoxy) is 1. The Bertz CT molecular complexity index is 774. The summed E-state index contributed by atoms with van der Waals surface area (Å²) in [5.74, 6) is 0.718. The highest BCUT2D eigenvalue weighted by atomic mass is 32.2. The molecule has 2 aliphatic heterocycles. The zero-order valence-electron chi connectivity index (χ0n) is 14.7. The molecule has 3 nitrogen and oxygen atoms in total. The van der Waals surface area contributed by atoms with Crippen LogP contribution in [-0.4, -0.2) is 50.1 Å². The van der Waals surface area contributed by atoms with Gasteiger partial charge in [0.25, 0.3) is 0 Å². The molecule has 132 valence electrons. The molecule has 2 aliphatic rings. The summed E-state index contributed by atoms with van der Waals surface area (Å²) in [7, 11) is 3.88. The molecule has 1 fully saturated rings. The van der Waals surface area contributed by atoms with Crippen LogP contribution >= 0.6 is 11.8 Å².